The maximum Gasteiger partial charge on any atom is 0.129 e. The summed E-state index contributed by atoms with van der Waals surface area (Å²) < 4.78 is 0. The third-order valence-electron chi connectivity index (χ3n) is 4.26. The number of piperazine rings is 1. The van der Waals surface area contributed by atoms with Crippen LogP contribution in [0.2, 0.25) is 0 Å². The molecule has 1 aliphatic heterocycles. The second-order valence-corrected chi connectivity index (χ2v) is 6.41. The highest BCUT2D eigenvalue weighted by molar-refractivity contribution is 5.75. The summed E-state index contributed by atoms with van der Waals surface area (Å²) in [5, 5.41) is 0. The van der Waals surface area contributed by atoms with Crippen LogP contribution in [0.25, 0.3) is 0 Å². The van der Waals surface area contributed by atoms with Gasteiger partial charge in [0.25, 0.3) is 0 Å². The molecule has 5 heteroatoms. The van der Waals surface area contributed by atoms with E-state index in [9.17, 15) is 4.79 Å². The van der Waals surface area contributed by atoms with E-state index >= 15 is 0 Å². The zero-order chi connectivity index (χ0) is 17.2. The highest BCUT2D eigenvalue weighted by atomic mass is 16.1. The molecule has 5 nitrogen and oxygen atoms in total. The van der Waals surface area contributed by atoms with E-state index < -0.39 is 0 Å². The number of nitrogens with zero attached hydrogens (tertiary/aromatic N) is 4. The molecule has 0 amide bonds. The van der Waals surface area contributed by atoms with Crippen LogP contribution in [0.15, 0.2) is 12.4 Å². The molecule has 0 atom stereocenters. The van der Waals surface area contributed by atoms with E-state index in [0.29, 0.717) is 12.2 Å². The number of unbranched alkanes of at least 4 members (excludes halogenated alkanes) is 1. The van der Waals surface area contributed by atoms with Gasteiger partial charge in [-0.1, -0.05) is 11.8 Å². The lowest BCUT2D eigenvalue weighted by atomic mass is 10.2. The predicted molar refractivity (Wildman–Crippen MR) is 95.7 cm³/mol. The van der Waals surface area contributed by atoms with Crippen molar-refractivity contribution in [2.45, 2.75) is 39.5 Å². The Morgan fingerprint density at radius 1 is 1.08 bits per heavy atom. The van der Waals surface area contributed by atoms with Gasteiger partial charge in [0, 0.05) is 51.4 Å². The Labute approximate surface area is 145 Å². The first-order valence-electron chi connectivity index (χ1n) is 8.85. The highest BCUT2D eigenvalue weighted by Gasteiger charge is 2.15. The number of carbonyl (C=O) groups excluding carboxylic acids is 1. The van der Waals surface area contributed by atoms with Crippen molar-refractivity contribution in [1.29, 1.82) is 0 Å². The van der Waals surface area contributed by atoms with Crippen LogP contribution in [0.3, 0.4) is 0 Å². The summed E-state index contributed by atoms with van der Waals surface area (Å²) in [6.45, 7) is 10.2. The molecule has 2 heterocycles. The normalized spacial score (nSPS) is 15.8. The van der Waals surface area contributed by atoms with Gasteiger partial charge >= 0.3 is 0 Å². The number of hydrogen-bond acceptors (Lipinski definition) is 5. The Morgan fingerprint density at radius 3 is 2.25 bits per heavy atom. The molecule has 130 valence electrons. The van der Waals surface area contributed by atoms with Crippen molar-refractivity contribution in [2.75, 3.05) is 39.3 Å². The summed E-state index contributed by atoms with van der Waals surface area (Å²) in [5.41, 5.74) is 0.889. The van der Waals surface area contributed by atoms with Crippen molar-refractivity contribution in [2.24, 2.45) is 0 Å². The molecule has 1 aromatic heterocycles. The van der Waals surface area contributed by atoms with Crippen molar-refractivity contribution >= 4 is 5.78 Å². The molecule has 1 saturated heterocycles. The molecule has 0 N–H and O–H groups in total. The van der Waals surface area contributed by atoms with Gasteiger partial charge in [-0.25, -0.2) is 9.97 Å². The van der Waals surface area contributed by atoms with Gasteiger partial charge in [0.1, 0.15) is 11.6 Å². The molecule has 1 aliphatic rings. The van der Waals surface area contributed by atoms with E-state index in [2.05, 4.69) is 31.6 Å². The van der Waals surface area contributed by atoms with E-state index in [1.807, 2.05) is 6.92 Å². The van der Waals surface area contributed by atoms with Gasteiger partial charge in [0.05, 0.1) is 5.56 Å². The maximum atomic E-state index is 11.0. The first kappa shape index (κ1) is 18.6. The van der Waals surface area contributed by atoms with Crippen molar-refractivity contribution < 1.29 is 4.79 Å². The molecule has 1 fully saturated rings. The molecule has 0 aliphatic carbocycles. The van der Waals surface area contributed by atoms with Crippen molar-refractivity contribution in [3.63, 3.8) is 0 Å². The topological polar surface area (TPSA) is 49.3 Å². The summed E-state index contributed by atoms with van der Waals surface area (Å²) in [4.78, 5) is 24.2. The Hall–Kier alpha value is -1.77. The molecule has 1 aromatic rings. The van der Waals surface area contributed by atoms with Gasteiger partial charge in [-0.3, -0.25) is 0 Å². The Morgan fingerprint density at radius 2 is 1.67 bits per heavy atom. The average molecular weight is 328 g/mol. The van der Waals surface area contributed by atoms with E-state index in [0.717, 1.165) is 69.9 Å². The highest BCUT2D eigenvalue weighted by Crippen LogP contribution is 2.05. The van der Waals surface area contributed by atoms with Gasteiger partial charge in [0.2, 0.25) is 0 Å². The minimum absolute atomic E-state index is 0.298. The summed E-state index contributed by atoms with van der Waals surface area (Å²) in [6, 6.07) is 0. The van der Waals surface area contributed by atoms with Crippen molar-refractivity contribution in [3.05, 3.63) is 23.8 Å². The van der Waals surface area contributed by atoms with Gasteiger partial charge < -0.3 is 14.6 Å². The summed E-state index contributed by atoms with van der Waals surface area (Å²) in [6.07, 6.45) is 7.27. The molecule has 0 aromatic carbocycles. The van der Waals surface area contributed by atoms with Gasteiger partial charge in [-0.2, -0.15) is 0 Å². The molecule has 0 unspecified atom stereocenters. The fraction of sp³-hybridized carbons (Fsp3) is 0.632. The number of ketones is 1. The van der Waals surface area contributed by atoms with Gasteiger partial charge in [0.15, 0.2) is 0 Å². The molecule has 0 bridgehead atoms. The molecule has 2 rings (SSSR count). The quantitative estimate of drug-likeness (QED) is 0.565. The monoisotopic (exact) mass is 328 g/mol. The van der Waals surface area contributed by atoms with E-state index in [1.165, 1.54) is 0 Å². The Kier molecular flexibility index (Phi) is 7.87. The molecular weight excluding hydrogens is 300 g/mol. The minimum Gasteiger partial charge on any atom is -0.301 e. The molecule has 0 spiro atoms. The number of rotatable bonds is 7. The standard InChI is InChI=1S/C19H28N4O/c1-17(24)7-6-10-23-13-11-22(12-14-23)9-5-3-4-8-19-15-20-18(2)21-16-19/h15-16H,3,5-7,9-14H2,1-2H3. The fourth-order valence-corrected chi connectivity index (χ4v) is 2.80. The SMILES string of the molecule is CC(=O)CCCN1CCN(CCCC#Cc2cnc(C)nc2)CC1. The van der Waals surface area contributed by atoms with Gasteiger partial charge in [-0.05, 0) is 39.8 Å². The second kappa shape index (κ2) is 10.2. The number of hydrogen-bond donors (Lipinski definition) is 0. The van der Waals surface area contributed by atoms with Crippen LogP contribution in [0, 0.1) is 18.8 Å². The minimum atomic E-state index is 0.298. The van der Waals surface area contributed by atoms with E-state index in [1.54, 1.807) is 19.3 Å². The lowest BCUT2D eigenvalue weighted by Crippen LogP contribution is -2.46. The van der Waals surface area contributed by atoms with Crippen LogP contribution in [0.4, 0.5) is 0 Å². The fourth-order valence-electron chi connectivity index (χ4n) is 2.80. The first-order chi connectivity index (χ1) is 11.6. The third kappa shape index (κ3) is 7.20. The van der Waals surface area contributed by atoms with Crippen LogP contribution in [0.5, 0.6) is 0 Å². The number of carbonyl (C=O) groups is 1. The largest absolute Gasteiger partial charge is 0.301 e. The summed E-state index contributed by atoms with van der Waals surface area (Å²) in [7, 11) is 0. The Balaban J connectivity index is 1.56. The lowest BCUT2D eigenvalue weighted by molar-refractivity contribution is -0.117. The zero-order valence-electron chi connectivity index (χ0n) is 14.9. The number of aromatic nitrogens is 2. The van der Waals surface area contributed by atoms with Gasteiger partial charge in [-0.15, -0.1) is 0 Å². The molecule has 0 saturated carbocycles. The van der Waals surface area contributed by atoms with Crippen molar-refractivity contribution in [3.8, 4) is 11.8 Å². The average Bonchev–Trinajstić information content (AvgIpc) is 2.57. The number of Topliss-reactive ketones (excluding diaryl/α,β-unsaturated/α-hetero) is 1. The summed E-state index contributed by atoms with van der Waals surface area (Å²) in [5.74, 6) is 7.41. The Bertz CT molecular complexity index is 565. The first-order valence-corrected chi connectivity index (χ1v) is 8.85. The van der Waals surface area contributed by atoms with E-state index in [4.69, 9.17) is 0 Å². The zero-order valence-corrected chi connectivity index (χ0v) is 14.9. The van der Waals surface area contributed by atoms with Crippen LogP contribution >= 0.6 is 0 Å². The molecule has 0 radical (unpaired) electrons. The predicted octanol–water partition coefficient (Wildman–Crippen LogP) is 1.90. The third-order valence-corrected chi connectivity index (χ3v) is 4.26. The molecular formula is C19H28N4O. The van der Waals surface area contributed by atoms with Crippen LogP contribution in [-0.4, -0.2) is 64.8 Å². The van der Waals surface area contributed by atoms with Crippen LogP contribution < -0.4 is 0 Å². The van der Waals surface area contributed by atoms with E-state index in [-0.39, 0.29) is 0 Å². The molecule has 24 heavy (non-hydrogen) atoms. The van der Waals surface area contributed by atoms with Crippen molar-refractivity contribution in [1.82, 2.24) is 19.8 Å². The van der Waals surface area contributed by atoms with Crippen LogP contribution in [0.1, 0.15) is 44.0 Å². The smallest absolute Gasteiger partial charge is 0.129 e. The van der Waals surface area contributed by atoms with Crippen LogP contribution in [-0.2, 0) is 4.79 Å². The maximum absolute atomic E-state index is 11.0. The second-order valence-electron chi connectivity index (χ2n) is 6.41. The number of aryl methyl sites for hydroxylation is 1. The summed E-state index contributed by atoms with van der Waals surface area (Å²) >= 11 is 0. The lowest BCUT2D eigenvalue weighted by Gasteiger charge is -2.34.